The zero-order valence-corrected chi connectivity index (χ0v) is 20.0. The van der Waals surface area contributed by atoms with Gasteiger partial charge in [-0.15, -0.1) is 24.0 Å². The molecule has 2 N–H and O–H groups in total. The number of hydrogen-bond donors (Lipinski definition) is 2. The molecule has 0 radical (unpaired) electrons. The van der Waals surface area contributed by atoms with Crippen LogP contribution < -0.4 is 10.6 Å². The highest BCUT2D eigenvalue weighted by Crippen LogP contribution is 2.14. The fourth-order valence-electron chi connectivity index (χ4n) is 2.59. The summed E-state index contributed by atoms with van der Waals surface area (Å²) in [5.41, 5.74) is 3.37. The van der Waals surface area contributed by atoms with Crippen molar-refractivity contribution in [3.8, 4) is 0 Å². The zero-order valence-electron chi connectivity index (χ0n) is 17.6. The van der Waals surface area contributed by atoms with Crippen LogP contribution in [0.4, 0.5) is 0 Å². The lowest BCUT2D eigenvalue weighted by molar-refractivity contribution is 0.129. The molecule has 8 heteroatoms. The first-order chi connectivity index (χ1) is 12.6. The van der Waals surface area contributed by atoms with E-state index in [1.807, 2.05) is 11.6 Å². The van der Waals surface area contributed by atoms with Crippen molar-refractivity contribution in [3.63, 3.8) is 0 Å². The highest BCUT2D eigenvalue weighted by molar-refractivity contribution is 14.0. The Hall–Kier alpha value is -0.870. The Morgan fingerprint density at radius 2 is 1.85 bits per heavy atom. The number of aromatic nitrogens is 2. The minimum absolute atomic E-state index is 0. The van der Waals surface area contributed by atoms with Crippen LogP contribution in [-0.4, -0.2) is 55.8 Å². The maximum atomic E-state index is 5.59. The first kappa shape index (κ1) is 26.1. The molecule has 0 atom stereocenters. The molecule has 0 fully saturated rings. The number of ether oxygens (including phenoxy) is 2. The van der Waals surface area contributed by atoms with Crippen LogP contribution in [0.2, 0.25) is 0 Å². The molecule has 0 bridgehead atoms. The van der Waals surface area contributed by atoms with E-state index in [9.17, 15) is 0 Å². The van der Waals surface area contributed by atoms with Gasteiger partial charge in [-0.1, -0.05) is 13.3 Å². The minimum Gasteiger partial charge on any atom is -0.383 e. The average molecular weight is 495 g/mol. The standard InChI is InChI=1S/C19H37N5O2.HI/c1-6-8-12-26-13-9-10-21-19(20-7-2)22-15-18-16(3)23-24(17(18)4)11-14-25-5;/h6-15H2,1-5H3,(H2,20,21,22);1H. The van der Waals surface area contributed by atoms with E-state index >= 15 is 0 Å². The molecular weight excluding hydrogens is 457 g/mol. The topological polar surface area (TPSA) is 72.7 Å². The Morgan fingerprint density at radius 1 is 1.11 bits per heavy atom. The van der Waals surface area contributed by atoms with Gasteiger partial charge in [0.05, 0.1) is 25.4 Å². The van der Waals surface area contributed by atoms with Crippen LogP contribution in [0.3, 0.4) is 0 Å². The molecule has 27 heavy (non-hydrogen) atoms. The number of guanidine groups is 1. The molecule has 0 saturated carbocycles. The fraction of sp³-hybridized carbons (Fsp3) is 0.789. The van der Waals surface area contributed by atoms with E-state index in [2.05, 4.69) is 36.5 Å². The number of unbranched alkanes of at least 4 members (excludes halogenated alkanes) is 1. The van der Waals surface area contributed by atoms with Gasteiger partial charge in [0.2, 0.25) is 0 Å². The molecule has 1 heterocycles. The summed E-state index contributed by atoms with van der Waals surface area (Å²) in [7, 11) is 1.71. The molecule has 0 aliphatic rings. The SMILES string of the molecule is CCCCOCCCNC(=NCc1c(C)nn(CCOC)c1C)NCC.I. The lowest BCUT2D eigenvalue weighted by Gasteiger charge is -2.11. The highest BCUT2D eigenvalue weighted by atomic mass is 127. The van der Waals surface area contributed by atoms with Crippen LogP contribution in [0, 0.1) is 13.8 Å². The molecule has 1 aromatic heterocycles. The summed E-state index contributed by atoms with van der Waals surface area (Å²) in [6.45, 7) is 13.8. The Balaban J connectivity index is 0.00000676. The molecular formula is C19H38IN5O2. The Kier molecular flexibility index (Phi) is 15.6. The molecule has 158 valence electrons. The molecule has 0 spiro atoms. The van der Waals surface area contributed by atoms with Crippen molar-refractivity contribution in [1.29, 1.82) is 0 Å². The lowest BCUT2D eigenvalue weighted by atomic mass is 10.2. The third-order valence-electron chi connectivity index (χ3n) is 4.18. The van der Waals surface area contributed by atoms with Gasteiger partial charge in [0.1, 0.15) is 0 Å². The summed E-state index contributed by atoms with van der Waals surface area (Å²) in [5, 5.41) is 11.3. The van der Waals surface area contributed by atoms with Gasteiger partial charge in [0.25, 0.3) is 0 Å². The molecule has 0 amide bonds. The normalized spacial score (nSPS) is 11.4. The summed E-state index contributed by atoms with van der Waals surface area (Å²) in [5.74, 6) is 0.837. The van der Waals surface area contributed by atoms with E-state index in [0.717, 1.165) is 63.0 Å². The first-order valence-electron chi connectivity index (χ1n) is 9.75. The van der Waals surface area contributed by atoms with Crippen molar-refractivity contribution in [2.24, 2.45) is 4.99 Å². The minimum atomic E-state index is 0. The Labute approximate surface area is 181 Å². The van der Waals surface area contributed by atoms with Gasteiger partial charge in [-0.05, 0) is 33.6 Å². The molecule has 0 saturated heterocycles. The monoisotopic (exact) mass is 495 g/mol. The Bertz CT molecular complexity index is 534. The lowest BCUT2D eigenvalue weighted by Crippen LogP contribution is -2.38. The van der Waals surface area contributed by atoms with Gasteiger partial charge in [-0.2, -0.15) is 5.10 Å². The number of halogens is 1. The largest absolute Gasteiger partial charge is 0.383 e. The summed E-state index contributed by atoms with van der Waals surface area (Å²) < 4.78 is 12.7. The number of nitrogens with zero attached hydrogens (tertiary/aromatic N) is 3. The van der Waals surface area contributed by atoms with Crippen molar-refractivity contribution in [1.82, 2.24) is 20.4 Å². The van der Waals surface area contributed by atoms with Gasteiger partial charge < -0.3 is 20.1 Å². The summed E-state index contributed by atoms with van der Waals surface area (Å²) in [4.78, 5) is 4.72. The van der Waals surface area contributed by atoms with Crippen LogP contribution in [0.25, 0.3) is 0 Å². The van der Waals surface area contributed by atoms with Crippen LogP contribution in [-0.2, 0) is 22.6 Å². The molecule has 1 rings (SSSR count). The van der Waals surface area contributed by atoms with Gasteiger partial charge >= 0.3 is 0 Å². The maximum Gasteiger partial charge on any atom is 0.191 e. The number of methoxy groups -OCH3 is 1. The number of aliphatic imine (C=N–C) groups is 1. The molecule has 1 aromatic rings. The van der Waals surface area contributed by atoms with Gasteiger partial charge in [0.15, 0.2) is 5.96 Å². The summed E-state index contributed by atoms with van der Waals surface area (Å²) >= 11 is 0. The fourth-order valence-corrected chi connectivity index (χ4v) is 2.59. The van der Waals surface area contributed by atoms with Crippen LogP contribution in [0.5, 0.6) is 0 Å². The number of nitrogens with one attached hydrogen (secondary N) is 2. The van der Waals surface area contributed by atoms with E-state index in [1.54, 1.807) is 7.11 Å². The third kappa shape index (κ3) is 10.3. The zero-order chi connectivity index (χ0) is 19.2. The smallest absolute Gasteiger partial charge is 0.191 e. The summed E-state index contributed by atoms with van der Waals surface area (Å²) in [6.07, 6.45) is 3.28. The third-order valence-corrected chi connectivity index (χ3v) is 4.18. The van der Waals surface area contributed by atoms with Crippen LogP contribution in [0.1, 0.15) is 50.1 Å². The predicted molar refractivity (Wildman–Crippen MR) is 122 cm³/mol. The van der Waals surface area contributed by atoms with Gasteiger partial charge in [0, 0.05) is 44.7 Å². The second kappa shape index (κ2) is 16.1. The molecule has 0 aromatic carbocycles. The maximum absolute atomic E-state index is 5.59. The van der Waals surface area contributed by atoms with E-state index < -0.39 is 0 Å². The van der Waals surface area contributed by atoms with Gasteiger partial charge in [-0.3, -0.25) is 4.68 Å². The number of aryl methyl sites for hydroxylation is 1. The second-order valence-electron chi connectivity index (χ2n) is 6.31. The van der Waals surface area contributed by atoms with Crippen LogP contribution in [0.15, 0.2) is 4.99 Å². The molecule has 7 nitrogen and oxygen atoms in total. The number of rotatable bonds is 13. The molecule has 0 aliphatic carbocycles. The Morgan fingerprint density at radius 3 is 2.52 bits per heavy atom. The van der Waals surface area contributed by atoms with Crippen molar-refractivity contribution in [3.05, 3.63) is 17.0 Å². The van der Waals surface area contributed by atoms with E-state index in [4.69, 9.17) is 14.5 Å². The molecule has 0 aliphatic heterocycles. The first-order valence-corrected chi connectivity index (χ1v) is 9.75. The van der Waals surface area contributed by atoms with Crippen molar-refractivity contribution in [2.75, 3.05) is 40.0 Å². The average Bonchev–Trinajstić information content (AvgIpc) is 2.90. The highest BCUT2D eigenvalue weighted by Gasteiger charge is 2.11. The van der Waals surface area contributed by atoms with Gasteiger partial charge in [-0.25, -0.2) is 4.99 Å². The molecule has 0 unspecified atom stereocenters. The summed E-state index contributed by atoms with van der Waals surface area (Å²) in [6, 6.07) is 0. The van der Waals surface area contributed by atoms with Crippen molar-refractivity contribution in [2.45, 2.75) is 60.0 Å². The second-order valence-corrected chi connectivity index (χ2v) is 6.31. The van der Waals surface area contributed by atoms with Crippen molar-refractivity contribution >= 4 is 29.9 Å². The quantitative estimate of drug-likeness (QED) is 0.191. The van der Waals surface area contributed by atoms with E-state index in [1.165, 1.54) is 12.0 Å². The van der Waals surface area contributed by atoms with E-state index in [-0.39, 0.29) is 24.0 Å². The van der Waals surface area contributed by atoms with E-state index in [0.29, 0.717) is 13.2 Å². The predicted octanol–water partition coefficient (Wildman–Crippen LogP) is 3.03. The van der Waals surface area contributed by atoms with Crippen LogP contribution >= 0.6 is 24.0 Å². The number of hydrogen-bond acceptors (Lipinski definition) is 4. The van der Waals surface area contributed by atoms with Crippen molar-refractivity contribution < 1.29 is 9.47 Å².